The summed E-state index contributed by atoms with van der Waals surface area (Å²) in [4.78, 5) is 11.9. The molecular weight excluding hydrogens is 284 g/mol. The number of urea groups is 1. The number of ether oxygens (including phenoxy) is 2. The van der Waals surface area contributed by atoms with Crippen molar-refractivity contribution in [3.63, 3.8) is 0 Å². The Morgan fingerprint density at radius 2 is 1.95 bits per heavy atom. The molecular formula is C15H20N4O3. The minimum atomic E-state index is -0.289. The second-order valence-electron chi connectivity index (χ2n) is 4.81. The largest absolute Gasteiger partial charge is 0.493 e. The summed E-state index contributed by atoms with van der Waals surface area (Å²) in [5.41, 5.74) is 3.18. The first-order chi connectivity index (χ1) is 10.5. The van der Waals surface area contributed by atoms with E-state index >= 15 is 0 Å². The zero-order valence-corrected chi connectivity index (χ0v) is 13.1. The third-order valence-electron chi connectivity index (χ3n) is 3.27. The number of nitrogens with zero attached hydrogens (tertiary/aromatic N) is 1. The molecule has 0 unspecified atom stereocenters. The van der Waals surface area contributed by atoms with Gasteiger partial charge in [0, 0.05) is 6.54 Å². The Labute approximate surface area is 129 Å². The number of carbonyl (C=O) groups excluding carboxylic acids is 1. The van der Waals surface area contributed by atoms with E-state index in [4.69, 9.17) is 9.47 Å². The van der Waals surface area contributed by atoms with Crippen LogP contribution in [0.25, 0.3) is 0 Å². The van der Waals surface area contributed by atoms with Crippen LogP contribution in [0.2, 0.25) is 0 Å². The van der Waals surface area contributed by atoms with Gasteiger partial charge in [0.1, 0.15) is 0 Å². The number of hydrogen-bond acceptors (Lipinski definition) is 4. The SMILES string of the molecule is COc1ccc(CNC(=O)Nc2c(C)n[nH]c2C)cc1OC. The lowest BCUT2D eigenvalue weighted by Gasteiger charge is -2.11. The molecule has 0 aliphatic heterocycles. The van der Waals surface area contributed by atoms with Crippen molar-refractivity contribution in [2.45, 2.75) is 20.4 Å². The lowest BCUT2D eigenvalue weighted by atomic mass is 10.2. The summed E-state index contributed by atoms with van der Waals surface area (Å²) in [6.45, 7) is 4.06. The Balaban J connectivity index is 1.96. The van der Waals surface area contributed by atoms with Crippen LogP contribution in [-0.2, 0) is 6.54 Å². The number of anilines is 1. The van der Waals surface area contributed by atoms with Gasteiger partial charge in [0.15, 0.2) is 11.5 Å². The fourth-order valence-corrected chi connectivity index (χ4v) is 2.07. The topological polar surface area (TPSA) is 88.3 Å². The van der Waals surface area contributed by atoms with E-state index in [0.717, 1.165) is 17.0 Å². The fraction of sp³-hybridized carbons (Fsp3) is 0.333. The fourth-order valence-electron chi connectivity index (χ4n) is 2.07. The summed E-state index contributed by atoms with van der Waals surface area (Å²) in [5, 5.41) is 12.4. The number of amides is 2. The van der Waals surface area contributed by atoms with E-state index in [1.54, 1.807) is 20.3 Å². The number of benzene rings is 1. The molecule has 7 nitrogen and oxygen atoms in total. The van der Waals surface area contributed by atoms with Crippen LogP contribution in [0.5, 0.6) is 11.5 Å². The number of rotatable bonds is 5. The maximum atomic E-state index is 11.9. The van der Waals surface area contributed by atoms with Gasteiger partial charge in [-0.1, -0.05) is 6.07 Å². The monoisotopic (exact) mass is 304 g/mol. The quantitative estimate of drug-likeness (QED) is 0.791. The zero-order valence-electron chi connectivity index (χ0n) is 13.1. The average molecular weight is 304 g/mol. The van der Waals surface area contributed by atoms with E-state index in [2.05, 4.69) is 20.8 Å². The smallest absolute Gasteiger partial charge is 0.319 e. The number of aromatic amines is 1. The van der Waals surface area contributed by atoms with Crippen molar-refractivity contribution in [3.8, 4) is 11.5 Å². The van der Waals surface area contributed by atoms with Crippen molar-refractivity contribution in [1.82, 2.24) is 15.5 Å². The highest BCUT2D eigenvalue weighted by atomic mass is 16.5. The molecule has 0 radical (unpaired) electrons. The second kappa shape index (κ2) is 6.84. The first-order valence-electron chi connectivity index (χ1n) is 6.82. The number of aromatic nitrogens is 2. The Morgan fingerprint density at radius 3 is 2.55 bits per heavy atom. The minimum Gasteiger partial charge on any atom is -0.493 e. The van der Waals surface area contributed by atoms with Gasteiger partial charge < -0.3 is 20.1 Å². The molecule has 0 saturated heterocycles. The number of H-pyrrole nitrogens is 1. The van der Waals surface area contributed by atoms with Gasteiger partial charge in [-0.05, 0) is 31.5 Å². The summed E-state index contributed by atoms with van der Waals surface area (Å²) < 4.78 is 10.4. The zero-order chi connectivity index (χ0) is 16.1. The lowest BCUT2D eigenvalue weighted by Crippen LogP contribution is -2.28. The summed E-state index contributed by atoms with van der Waals surface area (Å²) >= 11 is 0. The van der Waals surface area contributed by atoms with Crippen molar-refractivity contribution in [2.75, 3.05) is 19.5 Å². The molecule has 1 heterocycles. The van der Waals surface area contributed by atoms with Crippen molar-refractivity contribution in [1.29, 1.82) is 0 Å². The molecule has 1 aromatic carbocycles. The maximum absolute atomic E-state index is 11.9. The summed E-state index contributed by atoms with van der Waals surface area (Å²) in [6.07, 6.45) is 0. The van der Waals surface area contributed by atoms with Crippen molar-refractivity contribution in [2.24, 2.45) is 0 Å². The van der Waals surface area contributed by atoms with Gasteiger partial charge >= 0.3 is 6.03 Å². The third kappa shape index (κ3) is 3.49. The molecule has 0 fully saturated rings. The molecule has 3 N–H and O–H groups in total. The molecule has 0 aliphatic carbocycles. The molecule has 2 amide bonds. The van der Waals surface area contributed by atoms with Gasteiger partial charge in [-0.25, -0.2) is 4.79 Å². The predicted octanol–water partition coefficient (Wildman–Crippen LogP) is 2.37. The van der Waals surface area contributed by atoms with Crippen LogP contribution in [0.4, 0.5) is 10.5 Å². The van der Waals surface area contributed by atoms with Gasteiger partial charge in [0.25, 0.3) is 0 Å². The van der Waals surface area contributed by atoms with Gasteiger partial charge in [-0.3, -0.25) is 5.10 Å². The maximum Gasteiger partial charge on any atom is 0.319 e. The number of carbonyl (C=O) groups is 1. The molecule has 2 aromatic rings. The summed E-state index contributed by atoms with van der Waals surface area (Å²) in [6, 6.07) is 5.21. The van der Waals surface area contributed by atoms with Crippen LogP contribution in [0.3, 0.4) is 0 Å². The Bertz CT molecular complexity index is 647. The summed E-state index contributed by atoms with van der Waals surface area (Å²) in [5.74, 6) is 1.28. The molecule has 0 saturated carbocycles. The molecule has 0 aliphatic rings. The van der Waals surface area contributed by atoms with E-state index in [1.807, 2.05) is 26.0 Å². The number of nitrogens with one attached hydrogen (secondary N) is 3. The van der Waals surface area contributed by atoms with E-state index in [1.165, 1.54) is 0 Å². The van der Waals surface area contributed by atoms with Crippen molar-refractivity contribution < 1.29 is 14.3 Å². The highest BCUT2D eigenvalue weighted by molar-refractivity contribution is 5.90. The normalized spacial score (nSPS) is 10.2. The van der Waals surface area contributed by atoms with E-state index in [0.29, 0.717) is 23.7 Å². The van der Waals surface area contributed by atoms with Crippen molar-refractivity contribution in [3.05, 3.63) is 35.2 Å². The van der Waals surface area contributed by atoms with Crippen LogP contribution in [0.1, 0.15) is 17.0 Å². The summed E-state index contributed by atoms with van der Waals surface area (Å²) in [7, 11) is 3.16. The van der Waals surface area contributed by atoms with E-state index in [9.17, 15) is 4.79 Å². The molecule has 0 atom stereocenters. The van der Waals surface area contributed by atoms with Gasteiger partial charge in [-0.15, -0.1) is 0 Å². The Kier molecular flexibility index (Phi) is 4.88. The molecule has 118 valence electrons. The third-order valence-corrected chi connectivity index (χ3v) is 3.27. The predicted molar refractivity (Wildman–Crippen MR) is 83.5 cm³/mol. The molecule has 0 bridgehead atoms. The lowest BCUT2D eigenvalue weighted by molar-refractivity contribution is 0.251. The van der Waals surface area contributed by atoms with Gasteiger partial charge in [0.05, 0.1) is 31.3 Å². The standard InChI is InChI=1S/C15H20N4O3/c1-9-14(10(2)19-18-9)17-15(20)16-8-11-5-6-12(21-3)13(7-11)22-4/h5-7H,8H2,1-4H3,(H,18,19)(H2,16,17,20). The average Bonchev–Trinajstić information content (AvgIpc) is 2.84. The first-order valence-corrected chi connectivity index (χ1v) is 6.82. The number of aryl methyl sites for hydroxylation is 2. The molecule has 0 spiro atoms. The number of hydrogen-bond donors (Lipinski definition) is 3. The second-order valence-corrected chi connectivity index (χ2v) is 4.81. The molecule has 2 rings (SSSR count). The van der Waals surface area contributed by atoms with E-state index < -0.39 is 0 Å². The highest BCUT2D eigenvalue weighted by Gasteiger charge is 2.10. The van der Waals surface area contributed by atoms with Gasteiger partial charge in [-0.2, -0.15) is 5.10 Å². The minimum absolute atomic E-state index is 0.289. The van der Waals surface area contributed by atoms with Crippen LogP contribution in [0.15, 0.2) is 18.2 Å². The Morgan fingerprint density at radius 1 is 1.23 bits per heavy atom. The van der Waals surface area contributed by atoms with E-state index in [-0.39, 0.29) is 6.03 Å². The van der Waals surface area contributed by atoms with Crippen LogP contribution in [0, 0.1) is 13.8 Å². The Hall–Kier alpha value is -2.70. The van der Waals surface area contributed by atoms with Crippen molar-refractivity contribution >= 4 is 11.7 Å². The molecule has 1 aromatic heterocycles. The molecule has 7 heteroatoms. The number of methoxy groups -OCH3 is 2. The molecule has 22 heavy (non-hydrogen) atoms. The highest BCUT2D eigenvalue weighted by Crippen LogP contribution is 2.27. The first kappa shape index (κ1) is 15.7. The van der Waals surface area contributed by atoms with Crippen LogP contribution in [-0.4, -0.2) is 30.4 Å². The van der Waals surface area contributed by atoms with Crippen LogP contribution < -0.4 is 20.1 Å². The van der Waals surface area contributed by atoms with Gasteiger partial charge in [0.2, 0.25) is 0 Å². The van der Waals surface area contributed by atoms with Crippen LogP contribution >= 0.6 is 0 Å².